The molecule has 0 aliphatic carbocycles. The third kappa shape index (κ3) is 15.3. The quantitative estimate of drug-likeness (QED) is 0.0984. The molecule has 0 aromatic rings. The number of carbonyl (C=O) groups is 2. The van der Waals surface area contributed by atoms with Crippen LogP contribution in [0.2, 0.25) is 0 Å². The van der Waals surface area contributed by atoms with E-state index in [0.29, 0.717) is 26.1 Å². The summed E-state index contributed by atoms with van der Waals surface area (Å²) in [5.74, 6) is -1.16. The highest BCUT2D eigenvalue weighted by Gasteiger charge is 2.49. The molecule has 0 saturated carbocycles. The van der Waals surface area contributed by atoms with Crippen LogP contribution in [0.4, 0.5) is 0 Å². The predicted octanol–water partition coefficient (Wildman–Crippen LogP) is 6.40. The number of aliphatic carboxylic acids is 1. The number of unbranched alkanes of at least 4 members (excludes halogenated alkanes) is 3. The molecular weight excluding hydrogens is 428 g/mol. The minimum Gasteiger partial charge on any atom is -0.479 e. The summed E-state index contributed by atoms with van der Waals surface area (Å²) >= 11 is 0. The summed E-state index contributed by atoms with van der Waals surface area (Å²) in [7, 11) is 0. The molecule has 2 unspecified atom stereocenters. The van der Waals surface area contributed by atoms with Crippen LogP contribution in [0.3, 0.4) is 0 Å². The van der Waals surface area contributed by atoms with E-state index in [1.165, 1.54) is 0 Å². The molecule has 0 aromatic heterocycles. The van der Waals surface area contributed by atoms with E-state index in [-0.39, 0.29) is 12.4 Å². The Morgan fingerprint density at radius 3 is 1.94 bits per heavy atom. The van der Waals surface area contributed by atoms with Gasteiger partial charge >= 0.3 is 11.9 Å². The Morgan fingerprint density at radius 1 is 0.848 bits per heavy atom. The third-order valence-electron chi connectivity index (χ3n) is 5.28. The molecule has 0 heterocycles. The van der Waals surface area contributed by atoms with Gasteiger partial charge < -0.3 is 9.84 Å². The van der Waals surface area contributed by atoms with Crippen LogP contribution in [0.25, 0.3) is 0 Å². The van der Waals surface area contributed by atoms with Crippen molar-refractivity contribution in [2.75, 3.05) is 13.2 Å². The lowest BCUT2D eigenvalue weighted by Gasteiger charge is -2.35. The van der Waals surface area contributed by atoms with E-state index >= 15 is 0 Å². The van der Waals surface area contributed by atoms with E-state index in [1.54, 1.807) is 6.92 Å². The number of esters is 1. The Hall–Kier alpha value is -1.22. The van der Waals surface area contributed by atoms with Gasteiger partial charge in [-0.25, -0.2) is 24.3 Å². The highest BCUT2D eigenvalue weighted by atomic mass is 17.2. The average Bonchev–Trinajstić information content (AvgIpc) is 2.78. The Balaban J connectivity index is 0. The Labute approximate surface area is 201 Å². The van der Waals surface area contributed by atoms with E-state index in [0.717, 1.165) is 44.9 Å². The van der Waals surface area contributed by atoms with Gasteiger partial charge in [-0.15, -0.1) is 0 Å². The van der Waals surface area contributed by atoms with Crippen molar-refractivity contribution in [1.82, 2.24) is 0 Å². The van der Waals surface area contributed by atoms with Crippen molar-refractivity contribution in [1.29, 1.82) is 0 Å². The number of carbonyl (C=O) groups excluding carboxylic acids is 1. The zero-order valence-corrected chi connectivity index (χ0v) is 22.4. The molecule has 0 radical (unpaired) electrons. The fraction of sp³-hybridized carbons (Fsp3) is 0.920. The van der Waals surface area contributed by atoms with Crippen molar-refractivity contribution in [3.63, 3.8) is 0 Å². The van der Waals surface area contributed by atoms with Crippen molar-refractivity contribution < 1.29 is 39.0 Å². The van der Waals surface area contributed by atoms with Crippen LogP contribution in [-0.4, -0.2) is 47.6 Å². The SMILES string of the molecule is CCCCCC(=O)OCC.CCCCOOC(CC)(C(=O)O)C(CCC)OOC(C)(C)CC. The van der Waals surface area contributed by atoms with Gasteiger partial charge in [-0.3, -0.25) is 4.79 Å². The van der Waals surface area contributed by atoms with Crippen LogP contribution >= 0.6 is 0 Å². The molecule has 0 aliphatic rings. The molecule has 198 valence electrons. The van der Waals surface area contributed by atoms with Gasteiger partial charge in [0.2, 0.25) is 5.60 Å². The summed E-state index contributed by atoms with van der Waals surface area (Å²) in [6.07, 6.45) is 7.03. The Kier molecular flexibility index (Phi) is 20.8. The van der Waals surface area contributed by atoms with Gasteiger partial charge in [0, 0.05) is 6.42 Å². The molecule has 0 bridgehead atoms. The summed E-state index contributed by atoms with van der Waals surface area (Å²) < 4.78 is 4.75. The normalized spacial score (nSPS) is 14.1. The van der Waals surface area contributed by atoms with Gasteiger partial charge in [0.25, 0.3) is 0 Å². The maximum atomic E-state index is 11.9. The lowest BCUT2D eigenvalue weighted by atomic mass is 9.90. The molecule has 0 aromatic carbocycles. The number of hydrogen-bond donors (Lipinski definition) is 1. The topological polar surface area (TPSA) is 101 Å². The van der Waals surface area contributed by atoms with Crippen molar-refractivity contribution in [3.8, 4) is 0 Å². The van der Waals surface area contributed by atoms with Crippen LogP contribution in [0.5, 0.6) is 0 Å². The molecule has 8 heteroatoms. The van der Waals surface area contributed by atoms with Gasteiger partial charge in [0.1, 0.15) is 6.10 Å². The molecule has 0 spiro atoms. The second-order valence-corrected chi connectivity index (χ2v) is 8.64. The van der Waals surface area contributed by atoms with Gasteiger partial charge in [-0.05, 0) is 52.9 Å². The summed E-state index contributed by atoms with van der Waals surface area (Å²) in [5.41, 5.74) is -2.07. The maximum absolute atomic E-state index is 11.9. The summed E-state index contributed by atoms with van der Waals surface area (Å²) in [4.78, 5) is 44.1. The number of ether oxygens (including phenoxy) is 1. The maximum Gasteiger partial charge on any atom is 0.342 e. The lowest BCUT2D eigenvalue weighted by molar-refractivity contribution is -0.436. The van der Waals surface area contributed by atoms with Gasteiger partial charge in [-0.1, -0.05) is 60.3 Å². The van der Waals surface area contributed by atoms with Gasteiger partial charge in [0.05, 0.1) is 18.8 Å². The molecular formula is C25H50O8. The second-order valence-electron chi connectivity index (χ2n) is 8.64. The van der Waals surface area contributed by atoms with Crippen LogP contribution < -0.4 is 0 Å². The molecule has 33 heavy (non-hydrogen) atoms. The number of rotatable bonds is 19. The van der Waals surface area contributed by atoms with E-state index in [1.807, 2.05) is 41.5 Å². The number of carboxylic acid groups (broad SMARTS) is 1. The van der Waals surface area contributed by atoms with E-state index in [9.17, 15) is 14.7 Å². The summed E-state index contributed by atoms with van der Waals surface area (Å²) in [6, 6.07) is 0. The first-order chi connectivity index (χ1) is 15.6. The fourth-order valence-corrected chi connectivity index (χ4v) is 2.64. The van der Waals surface area contributed by atoms with Crippen molar-refractivity contribution in [3.05, 3.63) is 0 Å². The van der Waals surface area contributed by atoms with Crippen molar-refractivity contribution >= 4 is 11.9 Å². The first-order valence-electron chi connectivity index (χ1n) is 12.6. The molecule has 0 fully saturated rings. The van der Waals surface area contributed by atoms with Crippen LogP contribution in [0.1, 0.15) is 120 Å². The molecule has 2 atom stereocenters. The largest absolute Gasteiger partial charge is 0.479 e. The van der Waals surface area contributed by atoms with E-state index in [2.05, 4.69) is 6.92 Å². The molecule has 0 rings (SSSR count). The number of hydrogen-bond acceptors (Lipinski definition) is 7. The molecule has 0 amide bonds. The van der Waals surface area contributed by atoms with Crippen LogP contribution in [0.15, 0.2) is 0 Å². The first-order valence-corrected chi connectivity index (χ1v) is 12.6. The van der Waals surface area contributed by atoms with Gasteiger partial charge in [-0.2, -0.15) is 0 Å². The highest BCUT2D eigenvalue weighted by molar-refractivity contribution is 5.78. The fourth-order valence-electron chi connectivity index (χ4n) is 2.64. The number of carboxylic acids is 1. The monoisotopic (exact) mass is 478 g/mol. The van der Waals surface area contributed by atoms with E-state index in [4.69, 9.17) is 24.3 Å². The standard InChI is InChI=1S/C17H34O6.C8H16O2/c1-7-11-13-20-23-17(10-4,15(18)19)14(12-8-2)21-22-16(5,6)9-3;1-3-5-6-7-8(9)10-4-2/h14H,7-13H2,1-6H3,(H,18,19);3-7H2,1-2H3. The third-order valence-corrected chi connectivity index (χ3v) is 5.28. The molecule has 0 saturated heterocycles. The first kappa shape index (κ1) is 34.0. The zero-order chi connectivity index (χ0) is 25.8. The predicted molar refractivity (Wildman–Crippen MR) is 129 cm³/mol. The van der Waals surface area contributed by atoms with Crippen molar-refractivity contribution in [2.24, 2.45) is 0 Å². The molecule has 1 N–H and O–H groups in total. The average molecular weight is 479 g/mol. The van der Waals surface area contributed by atoms with Gasteiger partial charge in [0.15, 0.2) is 0 Å². The smallest absolute Gasteiger partial charge is 0.342 e. The lowest BCUT2D eigenvalue weighted by Crippen LogP contribution is -2.53. The minimum atomic E-state index is -1.58. The summed E-state index contributed by atoms with van der Waals surface area (Å²) in [6.45, 7) is 16.3. The Morgan fingerprint density at radius 2 is 1.48 bits per heavy atom. The van der Waals surface area contributed by atoms with Crippen molar-refractivity contribution in [2.45, 2.75) is 137 Å². The Bertz CT molecular complexity index is 495. The summed E-state index contributed by atoms with van der Waals surface area (Å²) in [5, 5.41) is 9.72. The molecule has 0 aliphatic heterocycles. The minimum absolute atomic E-state index is 0.0593. The zero-order valence-electron chi connectivity index (χ0n) is 22.4. The second kappa shape index (κ2) is 20.2. The van der Waals surface area contributed by atoms with Crippen LogP contribution in [0, 0.1) is 0 Å². The van der Waals surface area contributed by atoms with Crippen LogP contribution in [-0.2, 0) is 33.9 Å². The highest BCUT2D eigenvalue weighted by Crippen LogP contribution is 2.30. The molecule has 8 nitrogen and oxygen atoms in total. The van der Waals surface area contributed by atoms with E-state index < -0.39 is 23.3 Å².